The van der Waals surface area contributed by atoms with Gasteiger partial charge in [0.2, 0.25) is 5.82 Å². The van der Waals surface area contributed by atoms with E-state index in [1.165, 1.54) is 11.3 Å². The highest BCUT2D eigenvalue weighted by Gasteiger charge is 2.15. The zero-order valence-electron chi connectivity index (χ0n) is 9.98. The second-order valence-corrected chi connectivity index (χ2v) is 5.50. The minimum atomic E-state index is -0.314. The molecule has 0 unspecified atom stereocenters. The number of allylic oxidation sites excluding steroid dienone is 1. The van der Waals surface area contributed by atoms with Gasteiger partial charge in [0.15, 0.2) is 11.5 Å². The third kappa shape index (κ3) is 2.38. The number of aliphatic hydroxyl groups excluding tert-OH is 1. The number of nitrogens with one attached hydrogen (secondary N) is 1. The Kier molecular flexibility index (Phi) is 3.40. The number of tetrazole rings is 1. The average molecular weight is 304 g/mol. The number of hydrogen-bond acceptors (Lipinski definition) is 7. The first-order valence-corrected chi connectivity index (χ1v) is 7.37. The monoisotopic (exact) mass is 304 g/mol. The van der Waals surface area contributed by atoms with Crippen molar-refractivity contribution in [3.8, 4) is 10.4 Å². The quantitative estimate of drug-likeness (QED) is 0.439. The summed E-state index contributed by atoms with van der Waals surface area (Å²) in [4.78, 5) is 13.1. The average Bonchev–Trinajstić information content (AvgIpc) is 3.19. The lowest BCUT2D eigenvalue weighted by molar-refractivity contribution is 0.104. The number of rotatable bonds is 4. The lowest BCUT2D eigenvalue weighted by Crippen LogP contribution is -1.97. The fourth-order valence-electron chi connectivity index (χ4n) is 1.66. The summed E-state index contributed by atoms with van der Waals surface area (Å²) in [6.07, 6.45) is 1.10. The van der Waals surface area contributed by atoms with Crippen LogP contribution in [0.25, 0.3) is 16.2 Å². The van der Waals surface area contributed by atoms with Crippen LogP contribution in [0.4, 0.5) is 0 Å². The Morgan fingerprint density at radius 1 is 1.35 bits per heavy atom. The molecule has 0 saturated heterocycles. The Balaban J connectivity index is 1.93. The molecular weight excluding hydrogens is 296 g/mol. The fourth-order valence-corrected chi connectivity index (χ4v) is 3.28. The molecule has 0 amide bonds. The van der Waals surface area contributed by atoms with Gasteiger partial charge in [-0.1, -0.05) is 0 Å². The molecule has 0 radical (unpaired) electrons. The third-order valence-corrected chi connectivity index (χ3v) is 4.20. The molecule has 0 atom stereocenters. The van der Waals surface area contributed by atoms with Crippen LogP contribution < -0.4 is 0 Å². The van der Waals surface area contributed by atoms with Crippen LogP contribution >= 0.6 is 22.7 Å². The van der Waals surface area contributed by atoms with Gasteiger partial charge in [0.05, 0.1) is 0 Å². The molecule has 0 fully saturated rings. The number of hydrogen-bond donors (Lipinski definition) is 2. The largest absolute Gasteiger partial charge is 0.504 e. The number of thiophene rings is 2. The van der Waals surface area contributed by atoms with Crippen molar-refractivity contribution < 1.29 is 9.90 Å². The van der Waals surface area contributed by atoms with Crippen LogP contribution in [0, 0.1) is 0 Å². The molecule has 0 spiro atoms. The van der Waals surface area contributed by atoms with Gasteiger partial charge in [-0.15, -0.1) is 21.5 Å². The summed E-state index contributed by atoms with van der Waals surface area (Å²) in [5.74, 6) is -0.619. The SMILES string of the molecule is O=C(C=C(O)c1nn[nH]n1)c1ccsc1-c1ccsc1. The van der Waals surface area contributed by atoms with E-state index in [-0.39, 0.29) is 17.4 Å². The van der Waals surface area contributed by atoms with Gasteiger partial charge < -0.3 is 5.11 Å². The van der Waals surface area contributed by atoms with E-state index < -0.39 is 0 Å². The molecule has 2 N–H and O–H groups in total. The van der Waals surface area contributed by atoms with Crippen LogP contribution in [0.3, 0.4) is 0 Å². The Hall–Kier alpha value is -2.32. The van der Waals surface area contributed by atoms with Crippen LogP contribution in [0.1, 0.15) is 16.2 Å². The molecule has 3 aromatic rings. The second-order valence-electron chi connectivity index (χ2n) is 3.80. The first-order valence-electron chi connectivity index (χ1n) is 5.54. The Morgan fingerprint density at radius 2 is 2.25 bits per heavy atom. The van der Waals surface area contributed by atoms with E-state index in [1.807, 2.05) is 22.2 Å². The van der Waals surface area contributed by atoms with Crippen molar-refractivity contribution in [3.63, 3.8) is 0 Å². The number of aromatic amines is 1. The predicted octanol–water partition coefficient (Wildman–Crippen LogP) is 2.77. The normalized spacial score (nSPS) is 11.7. The summed E-state index contributed by atoms with van der Waals surface area (Å²) in [6, 6.07) is 3.69. The molecule has 0 bridgehead atoms. The molecule has 0 aliphatic carbocycles. The molecular formula is C12H8N4O2S2. The smallest absolute Gasteiger partial charge is 0.239 e. The standard InChI is InChI=1S/C12H8N4O2S2/c17-9(5-10(18)12-13-15-16-14-12)8-2-4-20-11(8)7-1-3-19-6-7/h1-6,18H,(H,13,14,15,16). The zero-order chi connectivity index (χ0) is 13.9. The summed E-state index contributed by atoms with van der Waals surface area (Å²) in [7, 11) is 0. The van der Waals surface area contributed by atoms with Gasteiger partial charge in [-0.05, 0) is 33.5 Å². The summed E-state index contributed by atoms with van der Waals surface area (Å²) in [6.45, 7) is 0. The van der Waals surface area contributed by atoms with E-state index >= 15 is 0 Å². The second kappa shape index (κ2) is 5.35. The van der Waals surface area contributed by atoms with Gasteiger partial charge in [-0.25, -0.2) is 0 Å². The van der Waals surface area contributed by atoms with E-state index in [1.54, 1.807) is 17.4 Å². The minimum absolute atomic E-state index is 0.00865. The molecule has 0 aliphatic rings. The predicted molar refractivity (Wildman–Crippen MR) is 76.7 cm³/mol. The minimum Gasteiger partial charge on any atom is -0.504 e. The molecule has 8 heteroatoms. The Morgan fingerprint density at radius 3 is 2.95 bits per heavy atom. The summed E-state index contributed by atoms with van der Waals surface area (Å²) < 4.78 is 0. The number of carbonyl (C=O) groups excluding carboxylic acids is 1. The van der Waals surface area contributed by atoms with Crippen LogP contribution in [0.15, 0.2) is 34.3 Å². The maximum absolute atomic E-state index is 12.2. The fraction of sp³-hybridized carbons (Fsp3) is 0. The number of H-pyrrole nitrogens is 1. The van der Waals surface area contributed by atoms with Gasteiger partial charge >= 0.3 is 0 Å². The van der Waals surface area contributed by atoms with E-state index in [0.717, 1.165) is 16.5 Å². The molecule has 6 nitrogen and oxygen atoms in total. The lowest BCUT2D eigenvalue weighted by atomic mass is 10.1. The molecule has 0 aromatic carbocycles. The summed E-state index contributed by atoms with van der Waals surface area (Å²) in [5.41, 5.74) is 1.55. The summed E-state index contributed by atoms with van der Waals surface area (Å²) in [5, 5.41) is 28.3. The van der Waals surface area contributed by atoms with Crippen LogP contribution in [0.2, 0.25) is 0 Å². The van der Waals surface area contributed by atoms with E-state index in [4.69, 9.17) is 0 Å². The lowest BCUT2D eigenvalue weighted by Gasteiger charge is -1.98. The van der Waals surface area contributed by atoms with Gasteiger partial charge in [-0.3, -0.25) is 4.79 Å². The zero-order valence-corrected chi connectivity index (χ0v) is 11.6. The van der Waals surface area contributed by atoms with Crippen molar-refractivity contribution in [2.75, 3.05) is 0 Å². The molecule has 3 rings (SSSR count). The van der Waals surface area contributed by atoms with Crippen molar-refractivity contribution in [1.82, 2.24) is 20.6 Å². The first kappa shape index (κ1) is 12.7. The van der Waals surface area contributed by atoms with E-state index in [9.17, 15) is 9.90 Å². The molecule has 3 heterocycles. The molecule has 100 valence electrons. The van der Waals surface area contributed by atoms with Crippen molar-refractivity contribution in [3.05, 3.63) is 45.7 Å². The van der Waals surface area contributed by atoms with Crippen molar-refractivity contribution in [2.45, 2.75) is 0 Å². The first-order chi connectivity index (χ1) is 9.75. The maximum atomic E-state index is 12.2. The van der Waals surface area contributed by atoms with Crippen LogP contribution in [-0.2, 0) is 0 Å². The van der Waals surface area contributed by atoms with Gasteiger partial charge in [-0.2, -0.15) is 16.6 Å². The van der Waals surface area contributed by atoms with Gasteiger partial charge in [0.1, 0.15) is 0 Å². The molecule has 3 aromatic heterocycles. The Labute approximate surface area is 121 Å². The number of carbonyl (C=O) groups is 1. The Bertz CT molecular complexity index is 744. The number of aromatic nitrogens is 4. The molecule has 0 saturated carbocycles. The highest BCUT2D eigenvalue weighted by Crippen LogP contribution is 2.31. The van der Waals surface area contributed by atoms with E-state index in [2.05, 4.69) is 20.6 Å². The van der Waals surface area contributed by atoms with Gasteiger partial charge in [0, 0.05) is 22.1 Å². The van der Waals surface area contributed by atoms with Crippen LogP contribution in [-0.4, -0.2) is 31.5 Å². The summed E-state index contributed by atoms with van der Waals surface area (Å²) >= 11 is 3.05. The van der Waals surface area contributed by atoms with E-state index in [0.29, 0.717) is 5.56 Å². The maximum Gasteiger partial charge on any atom is 0.239 e. The van der Waals surface area contributed by atoms with Crippen molar-refractivity contribution >= 4 is 34.2 Å². The molecule has 20 heavy (non-hydrogen) atoms. The third-order valence-electron chi connectivity index (χ3n) is 2.56. The number of ketones is 1. The highest BCUT2D eigenvalue weighted by molar-refractivity contribution is 7.14. The van der Waals surface area contributed by atoms with Crippen molar-refractivity contribution in [2.24, 2.45) is 0 Å². The van der Waals surface area contributed by atoms with Crippen molar-refractivity contribution in [1.29, 1.82) is 0 Å². The van der Waals surface area contributed by atoms with Crippen LogP contribution in [0.5, 0.6) is 0 Å². The van der Waals surface area contributed by atoms with Gasteiger partial charge in [0.25, 0.3) is 0 Å². The number of nitrogens with zero attached hydrogens (tertiary/aromatic N) is 3. The number of aliphatic hydroxyl groups is 1. The molecule has 0 aliphatic heterocycles. The highest BCUT2D eigenvalue weighted by atomic mass is 32.1. The topological polar surface area (TPSA) is 91.8 Å².